The minimum absolute atomic E-state index is 0.0949. The predicted octanol–water partition coefficient (Wildman–Crippen LogP) is 0.749. The van der Waals surface area contributed by atoms with E-state index in [1.54, 1.807) is 0 Å². The second-order valence-corrected chi connectivity index (χ2v) is 7.03. The number of amides is 1. The molecule has 4 atom stereocenters. The first kappa shape index (κ1) is 21.8. The Morgan fingerprint density at radius 3 is 2.57 bits per heavy atom. The normalized spacial score (nSPS) is 23.7. The number of aromatic amines is 1. The van der Waals surface area contributed by atoms with Crippen LogP contribution in [0.15, 0.2) is 17.6 Å². The summed E-state index contributed by atoms with van der Waals surface area (Å²) in [6, 6.07) is 0. The Labute approximate surface area is 169 Å². The van der Waals surface area contributed by atoms with Gasteiger partial charge in [0.15, 0.2) is 12.3 Å². The van der Waals surface area contributed by atoms with Crippen LogP contribution in [0.25, 0.3) is 6.08 Å². The number of nitrogens with one attached hydrogen (secondary N) is 1. The maximum atomic E-state index is 12.4. The average molecular weight is 458 g/mol. The topological polar surface area (TPSA) is 128 Å². The SMILES string of the molecule is C=Cc1cnc(=O)[nH]c1N(C(C)=O)[C@@H]1O[C@H](COC(C)=O)[C@H](Br)[C@H]1OC(C)=O. The lowest BCUT2D eigenvalue weighted by Gasteiger charge is -2.31. The van der Waals surface area contributed by atoms with Crippen LogP contribution in [0.2, 0.25) is 0 Å². The maximum Gasteiger partial charge on any atom is 0.346 e. The zero-order chi connectivity index (χ0) is 21.0. The summed E-state index contributed by atoms with van der Waals surface area (Å²) in [5, 5.41) is 0. The molecule has 0 unspecified atom stereocenters. The van der Waals surface area contributed by atoms with Gasteiger partial charge in [-0.3, -0.25) is 24.3 Å². The minimum atomic E-state index is -1.09. The summed E-state index contributed by atoms with van der Waals surface area (Å²) < 4.78 is 16.2. The second kappa shape index (κ2) is 9.11. The quantitative estimate of drug-likeness (QED) is 0.489. The number of rotatable bonds is 6. The fraction of sp³-hybridized carbons (Fsp3) is 0.471. The van der Waals surface area contributed by atoms with Gasteiger partial charge in [-0.1, -0.05) is 28.6 Å². The lowest BCUT2D eigenvalue weighted by atomic mass is 10.1. The van der Waals surface area contributed by atoms with Gasteiger partial charge in [-0.05, 0) is 0 Å². The Kier molecular flexibility index (Phi) is 7.08. The molecule has 152 valence electrons. The lowest BCUT2D eigenvalue weighted by molar-refractivity contribution is -0.150. The van der Waals surface area contributed by atoms with Crippen molar-refractivity contribution in [1.29, 1.82) is 0 Å². The second-order valence-electron chi connectivity index (χ2n) is 5.97. The van der Waals surface area contributed by atoms with Crippen molar-refractivity contribution in [3.8, 4) is 0 Å². The molecule has 1 fully saturated rings. The summed E-state index contributed by atoms with van der Waals surface area (Å²) in [5.41, 5.74) is -0.310. The molecular formula is C17H20BrN3O7. The molecule has 1 aliphatic heterocycles. The molecule has 2 rings (SSSR count). The van der Waals surface area contributed by atoms with Gasteiger partial charge in [0, 0.05) is 32.5 Å². The third-order valence-corrected chi connectivity index (χ3v) is 5.00. The van der Waals surface area contributed by atoms with Crippen LogP contribution in [-0.4, -0.2) is 57.7 Å². The number of hydrogen-bond acceptors (Lipinski definition) is 8. The molecule has 0 bridgehead atoms. The van der Waals surface area contributed by atoms with E-state index in [0.717, 1.165) is 4.90 Å². The number of nitrogens with zero attached hydrogens (tertiary/aromatic N) is 2. The van der Waals surface area contributed by atoms with E-state index in [2.05, 4.69) is 32.5 Å². The first-order valence-electron chi connectivity index (χ1n) is 8.27. The highest BCUT2D eigenvalue weighted by molar-refractivity contribution is 9.09. The highest BCUT2D eigenvalue weighted by atomic mass is 79.9. The first-order chi connectivity index (χ1) is 13.1. The molecular weight excluding hydrogens is 438 g/mol. The van der Waals surface area contributed by atoms with Crippen molar-refractivity contribution >= 4 is 45.7 Å². The van der Waals surface area contributed by atoms with Gasteiger partial charge in [0.1, 0.15) is 18.5 Å². The summed E-state index contributed by atoms with van der Waals surface area (Å²) >= 11 is 3.39. The molecule has 10 nitrogen and oxygen atoms in total. The lowest BCUT2D eigenvalue weighted by Crippen LogP contribution is -2.48. The number of esters is 2. The van der Waals surface area contributed by atoms with Gasteiger partial charge in [0.2, 0.25) is 5.91 Å². The van der Waals surface area contributed by atoms with Crippen LogP contribution in [0.5, 0.6) is 0 Å². The summed E-state index contributed by atoms with van der Waals surface area (Å²) in [6.45, 7) is 7.26. The van der Waals surface area contributed by atoms with Crippen molar-refractivity contribution in [2.24, 2.45) is 0 Å². The van der Waals surface area contributed by atoms with Gasteiger partial charge in [-0.2, -0.15) is 0 Å². The maximum absolute atomic E-state index is 12.4. The number of anilines is 1. The monoisotopic (exact) mass is 457 g/mol. The fourth-order valence-electron chi connectivity index (χ4n) is 2.76. The molecule has 11 heteroatoms. The third kappa shape index (κ3) is 4.84. The summed E-state index contributed by atoms with van der Waals surface area (Å²) in [7, 11) is 0. The van der Waals surface area contributed by atoms with Crippen LogP contribution in [-0.2, 0) is 28.6 Å². The number of H-pyrrole nitrogens is 1. The van der Waals surface area contributed by atoms with E-state index >= 15 is 0 Å². The first-order valence-corrected chi connectivity index (χ1v) is 9.19. The molecule has 1 amide bonds. The van der Waals surface area contributed by atoms with Crippen LogP contribution in [0.4, 0.5) is 5.82 Å². The van der Waals surface area contributed by atoms with Crippen molar-refractivity contribution in [2.75, 3.05) is 11.5 Å². The van der Waals surface area contributed by atoms with Crippen LogP contribution in [0.3, 0.4) is 0 Å². The van der Waals surface area contributed by atoms with Gasteiger partial charge >= 0.3 is 17.6 Å². The van der Waals surface area contributed by atoms with E-state index in [0.29, 0.717) is 5.56 Å². The molecule has 2 heterocycles. The molecule has 0 saturated carbocycles. The van der Waals surface area contributed by atoms with Gasteiger partial charge in [-0.25, -0.2) is 9.78 Å². The van der Waals surface area contributed by atoms with Crippen LogP contribution in [0.1, 0.15) is 26.3 Å². The molecule has 28 heavy (non-hydrogen) atoms. The largest absolute Gasteiger partial charge is 0.463 e. The molecule has 0 aromatic carbocycles. The molecule has 1 saturated heterocycles. The average Bonchev–Trinajstić information content (AvgIpc) is 2.89. The highest BCUT2D eigenvalue weighted by Gasteiger charge is 2.50. The summed E-state index contributed by atoms with van der Waals surface area (Å²) in [4.78, 5) is 53.6. The van der Waals surface area contributed by atoms with Crippen LogP contribution < -0.4 is 10.6 Å². The molecule has 0 spiro atoms. The van der Waals surface area contributed by atoms with Crippen molar-refractivity contribution in [3.05, 3.63) is 28.8 Å². The predicted molar refractivity (Wildman–Crippen MR) is 102 cm³/mol. The zero-order valence-electron chi connectivity index (χ0n) is 15.5. The van der Waals surface area contributed by atoms with E-state index in [9.17, 15) is 19.2 Å². The molecule has 1 aromatic heterocycles. The molecule has 1 N–H and O–H groups in total. The molecule has 1 aromatic rings. The Bertz CT molecular complexity index is 840. The fourth-order valence-corrected chi connectivity index (χ4v) is 3.41. The van der Waals surface area contributed by atoms with E-state index in [-0.39, 0.29) is 12.4 Å². The summed E-state index contributed by atoms with van der Waals surface area (Å²) in [5.74, 6) is -1.49. The van der Waals surface area contributed by atoms with E-state index in [1.807, 2.05) is 0 Å². The smallest absolute Gasteiger partial charge is 0.346 e. The van der Waals surface area contributed by atoms with Gasteiger partial charge < -0.3 is 14.2 Å². The zero-order valence-corrected chi connectivity index (χ0v) is 17.1. The van der Waals surface area contributed by atoms with Gasteiger partial charge in [0.05, 0.1) is 4.83 Å². The third-order valence-electron chi connectivity index (χ3n) is 3.89. The van der Waals surface area contributed by atoms with Gasteiger partial charge in [0.25, 0.3) is 0 Å². The summed E-state index contributed by atoms with van der Waals surface area (Å²) in [6.07, 6.45) is -0.0684. The molecule has 0 aliphatic carbocycles. The van der Waals surface area contributed by atoms with Crippen molar-refractivity contribution < 1.29 is 28.6 Å². The van der Waals surface area contributed by atoms with E-state index in [4.69, 9.17) is 14.2 Å². The Morgan fingerprint density at radius 2 is 2.04 bits per heavy atom. The number of alkyl halides is 1. The van der Waals surface area contributed by atoms with Crippen LogP contribution in [0, 0.1) is 0 Å². The standard InChI is InChI=1S/C17H20BrN3O7/c1-5-11-6-19-17(25)20-15(11)21(8(2)22)16-14(27-10(4)24)13(18)12(28-16)7-26-9(3)23/h5-6,12-14,16H,1,7H2,2-4H3,(H,19,20,25)/t12-,13+,14-,16-/m1/s1. The van der Waals surface area contributed by atoms with Crippen LogP contribution >= 0.6 is 15.9 Å². The number of halogens is 1. The highest BCUT2D eigenvalue weighted by Crippen LogP contribution is 2.34. The van der Waals surface area contributed by atoms with E-state index < -0.39 is 46.8 Å². The minimum Gasteiger partial charge on any atom is -0.463 e. The van der Waals surface area contributed by atoms with Crippen molar-refractivity contribution in [1.82, 2.24) is 9.97 Å². The van der Waals surface area contributed by atoms with E-state index in [1.165, 1.54) is 33.0 Å². The number of aromatic nitrogens is 2. The number of carbonyl (C=O) groups excluding carboxylic acids is 3. The Balaban J connectivity index is 2.48. The number of hydrogen-bond donors (Lipinski definition) is 1. The van der Waals surface area contributed by atoms with Gasteiger partial charge in [-0.15, -0.1) is 0 Å². The number of ether oxygens (including phenoxy) is 3. The molecule has 1 aliphatic rings. The Hall–Kier alpha value is -2.53. The van der Waals surface area contributed by atoms with Crippen molar-refractivity contribution in [2.45, 2.75) is 44.0 Å². The van der Waals surface area contributed by atoms with Crippen molar-refractivity contribution in [3.63, 3.8) is 0 Å². The number of carbonyl (C=O) groups is 3. The Morgan fingerprint density at radius 1 is 1.36 bits per heavy atom. The molecule has 0 radical (unpaired) electrons.